The summed E-state index contributed by atoms with van der Waals surface area (Å²) in [6.45, 7) is 6.07. The molecule has 0 aliphatic rings. The molecule has 164 valence electrons. The van der Waals surface area contributed by atoms with Crippen LogP contribution in [0.1, 0.15) is 29.8 Å². The van der Waals surface area contributed by atoms with Crippen molar-refractivity contribution < 1.29 is 13.2 Å². The van der Waals surface area contributed by atoms with E-state index in [9.17, 15) is 13.2 Å². The Balaban J connectivity index is 1.63. The zero-order valence-corrected chi connectivity index (χ0v) is 19.4. The van der Waals surface area contributed by atoms with Crippen molar-refractivity contribution in [1.82, 2.24) is 14.9 Å². The zero-order valence-electron chi connectivity index (χ0n) is 17.0. The van der Waals surface area contributed by atoms with Crippen molar-refractivity contribution in [2.75, 3.05) is 23.3 Å². The first kappa shape index (κ1) is 23.1. The Kier molecular flexibility index (Phi) is 7.60. The fourth-order valence-corrected chi connectivity index (χ4v) is 5.01. The number of benzene rings is 2. The molecule has 0 radical (unpaired) electrons. The highest BCUT2D eigenvalue weighted by Crippen LogP contribution is 2.22. The number of sulfonamides is 1. The van der Waals surface area contributed by atoms with Gasteiger partial charge in [0.15, 0.2) is 0 Å². The largest absolute Gasteiger partial charge is 0.372 e. The first-order valence-corrected chi connectivity index (χ1v) is 12.2. The number of rotatable bonds is 9. The standard InChI is InChI=1S/C20H22ClN5O3S2/c1-3-26(4-2)15-11-9-14(10-12-15)13-22-31(28,29)20-25-24-19(30-20)23-18(27)16-7-5-6-8-17(16)21/h5-12,22H,3-4,13H2,1-2H3,(H,23,24,27). The molecule has 8 nitrogen and oxygen atoms in total. The van der Waals surface area contributed by atoms with E-state index in [-0.39, 0.29) is 26.6 Å². The number of anilines is 2. The van der Waals surface area contributed by atoms with Crippen molar-refractivity contribution in [2.24, 2.45) is 0 Å². The van der Waals surface area contributed by atoms with Gasteiger partial charge in [-0.1, -0.05) is 47.2 Å². The van der Waals surface area contributed by atoms with Gasteiger partial charge in [-0.25, -0.2) is 13.1 Å². The number of aromatic nitrogens is 2. The lowest BCUT2D eigenvalue weighted by Gasteiger charge is -2.21. The molecule has 0 bridgehead atoms. The van der Waals surface area contributed by atoms with Gasteiger partial charge in [-0.05, 0) is 43.7 Å². The molecule has 0 aliphatic carbocycles. The number of nitrogens with one attached hydrogen (secondary N) is 2. The normalized spacial score (nSPS) is 11.3. The SMILES string of the molecule is CCN(CC)c1ccc(CNS(=O)(=O)c2nnc(NC(=O)c3ccccc3Cl)s2)cc1. The van der Waals surface area contributed by atoms with E-state index in [1.54, 1.807) is 24.3 Å². The quantitative estimate of drug-likeness (QED) is 0.453. The fourth-order valence-electron chi connectivity index (χ4n) is 2.83. The second-order valence-corrected chi connectivity index (χ2v) is 9.80. The molecule has 3 rings (SSSR count). The average molecular weight is 480 g/mol. The van der Waals surface area contributed by atoms with Crippen molar-refractivity contribution in [3.05, 3.63) is 64.7 Å². The van der Waals surface area contributed by atoms with E-state index in [0.29, 0.717) is 0 Å². The van der Waals surface area contributed by atoms with E-state index in [1.807, 2.05) is 24.3 Å². The number of carbonyl (C=O) groups is 1. The predicted molar refractivity (Wildman–Crippen MR) is 123 cm³/mol. The summed E-state index contributed by atoms with van der Waals surface area (Å²) in [6, 6.07) is 14.2. The number of carbonyl (C=O) groups excluding carboxylic acids is 1. The van der Waals surface area contributed by atoms with Crippen LogP contribution >= 0.6 is 22.9 Å². The monoisotopic (exact) mass is 479 g/mol. The summed E-state index contributed by atoms with van der Waals surface area (Å²) in [5.41, 5.74) is 2.16. The highest BCUT2D eigenvalue weighted by Gasteiger charge is 2.21. The van der Waals surface area contributed by atoms with E-state index in [4.69, 9.17) is 11.6 Å². The molecule has 2 aromatic carbocycles. The van der Waals surface area contributed by atoms with Gasteiger partial charge in [0.2, 0.25) is 9.47 Å². The molecule has 3 aromatic rings. The predicted octanol–water partition coefficient (Wildman–Crippen LogP) is 3.77. The summed E-state index contributed by atoms with van der Waals surface area (Å²) in [5.74, 6) is -0.494. The van der Waals surface area contributed by atoms with Crippen molar-refractivity contribution in [1.29, 1.82) is 0 Å². The third-order valence-corrected chi connectivity index (χ3v) is 7.44. The summed E-state index contributed by atoms with van der Waals surface area (Å²) >= 11 is 6.77. The Labute approximate surface area is 190 Å². The highest BCUT2D eigenvalue weighted by atomic mass is 35.5. The summed E-state index contributed by atoms with van der Waals surface area (Å²) < 4.78 is 27.4. The summed E-state index contributed by atoms with van der Waals surface area (Å²) in [7, 11) is -3.87. The molecule has 0 unspecified atom stereocenters. The van der Waals surface area contributed by atoms with Crippen LogP contribution in [0.15, 0.2) is 52.9 Å². The molecule has 1 amide bonds. The Hall–Kier alpha value is -2.53. The molecule has 0 atom stereocenters. The molecule has 0 aliphatic heterocycles. The molecular formula is C20H22ClN5O3S2. The molecule has 0 fully saturated rings. The lowest BCUT2D eigenvalue weighted by Crippen LogP contribution is -2.23. The second kappa shape index (κ2) is 10.2. The molecule has 2 N–H and O–H groups in total. The van der Waals surface area contributed by atoms with Crippen LogP contribution in [0.2, 0.25) is 5.02 Å². The van der Waals surface area contributed by atoms with Crippen LogP contribution in [0.5, 0.6) is 0 Å². The van der Waals surface area contributed by atoms with Crippen LogP contribution in [-0.2, 0) is 16.6 Å². The van der Waals surface area contributed by atoms with Gasteiger partial charge in [-0.15, -0.1) is 10.2 Å². The molecule has 1 heterocycles. The fraction of sp³-hybridized carbons (Fsp3) is 0.250. The van der Waals surface area contributed by atoms with Gasteiger partial charge in [0, 0.05) is 25.3 Å². The topological polar surface area (TPSA) is 104 Å². The first-order valence-electron chi connectivity index (χ1n) is 9.57. The summed E-state index contributed by atoms with van der Waals surface area (Å²) in [4.78, 5) is 14.5. The molecular weight excluding hydrogens is 458 g/mol. The number of amides is 1. The maximum atomic E-state index is 12.6. The molecule has 0 spiro atoms. The van der Waals surface area contributed by atoms with Crippen molar-refractivity contribution >= 4 is 49.7 Å². The number of hydrogen-bond donors (Lipinski definition) is 2. The smallest absolute Gasteiger partial charge is 0.270 e. The third kappa shape index (κ3) is 5.79. The van der Waals surface area contributed by atoms with Crippen LogP contribution in [-0.4, -0.2) is 37.6 Å². The Morgan fingerprint density at radius 1 is 1.06 bits per heavy atom. The van der Waals surface area contributed by atoms with Crippen LogP contribution in [0.4, 0.5) is 10.8 Å². The van der Waals surface area contributed by atoms with Crippen LogP contribution in [0.25, 0.3) is 0 Å². The van der Waals surface area contributed by atoms with Gasteiger partial charge in [-0.3, -0.25) is 10.1 Å². The highest BCUT2D eigenvalue weighted by molar-refractivity contribution is 7.91. The number of hydrogen-bond acceptors (Lipinski definition) is 7. The average Bonchev–Trinajstić information content (AvgIpc) is 3.24. The molecule has 0 saturated carbocycles. The second-order valence-electron chi connectivity index (χ2n) is 6.47. The summed E-state index contributed by atoms with van der Waals surface area (Å²) in [5, 5.41) is 10.3. The van der Waals surface area contributed by atoms with E-state index < -0.39 is 15.9 Å². The van der Waals surface area contributed by atoms with Gasteiger partial charge in [0.25, 0.3) is 15.9 Å². The third-order valence-electron chi connectivity index (χ3n) is 4.51. The first-order chi connectivity index (χ1) is 14.8. The van der Waals surface area contributed by atoms with Crippen LogP contribution in [0.3, 0.4) is 0 Å². The van der Waals surface area contributed by atoms with E-state index in [0.717, 1.165) is 35.7 Å². The minimum Gasteiger partial charge on any atom is -0.372 e. The van der Waals surface area contributed by atoms with Gasteiger partial charge in [-0.2, -0.15) is 0 Å². The molecule has 11 heteroatoms. The van der Waals surface area contributed by atoms with Crippen LogP contribution < -0.4 is 14.9 Å². The Morgan fingerprint density at radius 3 is 2.39 bits per heavy atom. The van der Waals surface area contributed by atoms with Gasteiger partial charge in [0.1, 0.15) is 0 Å². The molecule has 31 heavy (non-hydrogen) atoms. The minimum absolute atomic E-state index is 0.0638. The van der Waals surface area contributed by atoms with Crippen molar-refractivity contribution in [2.45, 2.75) is 24.7 Å². The maximum absolute atomic E-state index is 12.6. The Morgan fingerprint density at radius 2 is 1.74 bits per heavy atom. The van der Waals surface area contributed by atoms with E-state index in [1.165, 1.54) is 0 Å². The van der Waals surface area contributed by atoms with Crippen molar-refractivity contribution in [3.8, 4) is 0 Å². The maximum Gasteiger partial charge on any atom is 0.270 e. The summed E-state index contributed by atoms with van der Waals surface area (Å²) in [6.07, 6.45) is 0. The minimum atomic E-state index is -3.87. The van der Waals surface area contributed by atoms with Gasteiger partial charge < -0.3 is 4.90 Å². The molecule has 1 aromatic heterocycles. The van der Waals surface area contributed by atoms with E-state index in [2.05, 4.69) is 39.0 Å². The number of halogens is 1. The van der Waals surface area contributed by atoms with Gasteiger partial charge in [0.05, 0.1) is 10.6 Å². The Bertz CT molecular complexity index is 1150. The number of nitrogens with zero attached hydrogens (tertiary/aromatic N) is 3. The van der Waals surface area contributed by atoms with Crippen LogP contribution in [0, 0.1) is 0 Å². The van der Waals surface area contributed by atoms with Gasteiger partial charge >= 0.3 is 0 Å². The molecule has 0 saturated heterocycles. The zero-order chi connectivity index (χ0) is 22.4. The lowest BCUT2D eigenvalue weighted by molar-refractivity contribution is 0.102. The van der Waals surface area contributed by atoms with Crippen molar-refractivity contribution in [3.63, 3.8) is 0 Å². The van der Waals surface area contributed by atoms with E-state index >= 15 is 0 Å². The lowest BCUT2D eigenvalue weighted by atomic mass is 10.2.